The maximum Gasteiger partial charge on any atom is 0.240 e. The van der Waals surface area contributed by atoms with Crippen molar-refractivity contribution < 1.29 is 22.6 Å². The second kappa shape index (κ2) is 10.2. The third kappa shape index (κ3) is 5.26. The molecule has 0 spiro atoms. The van der Waals surface area contributed by atoms with E-state index in [1.807, 2.05) is 20.8 Å². The highest BCUT2D eigenvalue weighted by Crippen LogP contribution is 2.35. The summed E-state index contributed by atoms with van der Waals surface area (Å²) in [5.74, 6) is 1.14. The van der Waals surface area contributed by atoms with Gasteiger partial charge in [0.1, 0.15) is 18.0 Å². The number of aryl methyl sites for hydroxylation is 1. The standard InChI is InChI=1S/C22H29N7O5S/c1-13(2)33-11-16-12-34-21-17(7-6-8-23-21)20-26-27-22(29(16)20)28-35(30,31)15(4)18(32-5)19-24-9-14(3)10-25-19/h6-10,13,15-16,18H,11-12H2,1-5H3,(H,27,28)/t15-,16+,18-/m0/s1. The predicted molar refractivity (Wildman–Crippen MR) is 127 cm³/mol. The van der Waals surface area contributed by atoms with Crippen LogP contribution in [0, 0.1) is 6.92 Å². The van der Waals surface area contributed by atoms with Gasteiger partial charge in [0.05, 0.1) is 24.3 Å². The molecule has 1 N–H and O–H groups in total. The van der Waals surface area contributed by atoms with Gasteiger partial charge in [-0.1, -0.05) is 0 Å². The maximum absolute atomic E-state index is 13.4. The average molecular weight is 504 g/mol. The monoisotopic (exact) mass is 503 g/mol. The quantitative estimate of drug-likeness (QED) is 0.462. The SMILES string of the molecule is CO[C@H](c1ncc(C)cn1)[C@H](C)S(=O)(=O)Nc1nnc2n1[C@H](COC(C)C)COc1ncccc1-2. The van der Waals surface area contributed by atoms with Crippen molar-refractivity contribution >= 4 is 16.0 Å². The third-order valence-corrected chi connectivity index (χ3v) is 7.26. The highest BCUT2D eigenvalue weighted by Gasteiger charge is 2.36. The summed E-state index contributed by atoms with van der Waals surface area (Å²) in [5.41, 5.74) is 1.46. The Balaban J connectivity index is 1.69. The molecule has 0 saturated heterocycles. The molecule has 35 heavy (non-hydrogen) atoms. The van der Waals surface area contributed by atoms with Crippen molar-refractivity contribution in [1.82, 2.24) is 29.7 Å². The molecular formula is C22H29N7O5S. The number of nitrogens with one attached hydrogen (secondary N) is 1. The minimum Gasteiger partial charge on any atom is -0.475 e. The first kappa shape index (κ1) is 24.9. The normalized spacial score (nSPS) is 17.1. The first-order valence-electron chi connectivity index (χ1n) is 11.2. The minimum absolute atomic E-state index is 0.0316. The number of ether oxygens (including phenoxy) is 3. The summed E-state index contributed by atoms with van der Waals surface area (Å²) in [5, 5.41) is 7.39. The van der Waals surface area contributed by atoms with Crippen LogP contribution in [0.25, 0.3) is 11.4 Å². The summed E-state index contributed by atoms with van der Waals surface area (Å²) in [4.78, 5) is 12.8. The van der Waals surface area contributed by atoms with Gasteiger partial charge < -0.3 is 14.2 Å². The first-order chi connectivity index (χ1) is 16.7. The number of fused-ring (bicyclic) bond motifs is 3. The van der Waals surface area contributed by atoms with E-state index >= 15 is 0 Å². The van der Waals surface area contributed by atoms with E-state index in [-0.39, 0.29) is 31.1 Å². The number of rotatable bonds is 9. The van der Waals surface area contributed by atoms with Gasteiger partial charge in [0.25, 0.3) is 0 Å². The number of anilines is 1. The predicted octanol–water partition coefficient (Wildman–Crippen LogP) is 2.31. The summed E-state index contributed by atoms with van der Waals surface area (Å²) in [6, 6.07) is 3.15. The molecular weight excluding hydrogens is 474 g/mol. The fourth-order valence-electron chi connectivity index (χ4n) is 3.68. The molecule has 0 radical (unpaired) electrons. The van der Waals surface area contributed by atoms with E-state index in [0.717, 1.165) is 5.56 Å². The van der Waals surface area contributed by atoms with E-state index in [1.54, 1.807) is 35.3 Å². The molecule has 12 nitrogen and oxygen atoms in total. The minimum atomic E-state index is -4.01. The molecule has 0 saturated carbocycles. The van der Waals surface area contributed by atoms with Gasteiger partial charge in [0, 0.05) is 25.7 Å². The number of aromatic nitrogens is 6. The van der Waals surface area contributed by atoms with E-state index < -0.39 is 27.4 Å². The van der Waals surface area contributed by atoms with Crippen LogP contribution in [0.15, 0.2) is 30.7 Å². The Morgan fingerprint density at radius 2 is 1.94 bits per heavy atom. The van der Waals surface area contributed by atoms with Crippen molar-refractivity contribution in [3.8, 4) is 17.3 Å². The van der Waals surface area contributed by atoms with Crippen LogP contribution in [0.5, 0.6) is 5.88 Å². The average Bonchev–Trinajstić information content (AvgIpc) is 3.15. The molecule has 3 atom stereocenters. The lowest BCUT2D eigenvalue weighted by molar-refractivity contribution is 0.0426. The Morgan fingerprint density at radius 3 is 2.63 bits per heavy atom. The Bertz CT molecular complexity index is 1260. The van der Waals surface area contributed by atoms with Crippen LogP contribution >= 0.6 is 0 Å². The van der Waals surface area contributed by atoms with Gasteiger partial charge in [-0.15, -0.1) is 10.2 Å². The smallest absolute Gasteiger partial charge is 0.240 e. The van der Waals surface area contributed by atoms with Crippen molar-refractivity contribution in [3.63, 3.8) is 0 Å². The highest BCUT2D eigenvalue weighted by atomic mass is 32.2. The number of hydrogen-bond acceptors (Lipinski definition) is 10. The zero-order valence-corrected chi connectivity index (χ0v) is 21.1. The summed E-state index contributed by atoms with van der Waals surface area (Å²) >= 11 is 0. The molecule has 0 amide bonds. The summed E-state index contributed by atoms with van der Waals surface area (Å²) in [6.45, 7) is 7.68. The lowest BCUT2D eigenvalue weighted by Crippen LogP contribution is -2.34. The lowest BCUT2D eigenvalue weighted by atomic mass is 10.2. The maximum atomic E-state index is 13.4. The molecule has 0 fully saturated rings. The molecule has 188 valence electrons. The number of hydrogen-bond donors (Lipinski definition) is 1. The first-order valence-corrected chi connectivity index (χ1v) is 12.7. The molecule has 0 unspecified atom stereocenters. The van der Waals surface area contributed by atoms with Crippen LogP contribution in [0.3, 0.4) is 0 Å². The van der Waals surface area contributed by atoms with Gasteiger partial charge >= 0.3 is 0 Å². The van der Waals surface area contributed by atoms with E-state index in [2.05, 4.69) is 29.9 Å². The fourth-order valence-corrected chi connectivity index (χ4v) is 4.82. The zero-order chi connectivity index (χ0) is 25.2. The Morgan fingerprint density at radius 1 is 1.20 bits per heavy atom. The topological polar surface area (TPSA) is 143 Å². The van der Waals surface area contributed by atoms with Crippen molar-refractivity contribution in [2.45, 2.75) is 51.2 Å². The van der Waals surface area contributed by atoms with Crippen LogP contribution in [-0.4, -0.2) is 69.8 Å². The van der Waals surface area contributed by atoms with Crippen LogP contribution < -0.4 is 9.46 Å². The van der Waals surface area contributed by atoms with Crippen molar-refractivity contribution in [2.24, 2.45) is 0 Å². The number of nitrogens with zero attached hydrogens (tertiary/aromatic N) is 6. The molecule has 0 aliphatic carbocycles. The molecule has 4 rings (SSSR count). The van der Waals surface area contributed by atoms with E-state index in [4.69, 9.17) is 14.2 Å². The van der Waals surface area contributed by atoms with Gasteiger partial charge in [0.2, 0.25) is 21.9 Å². The molecule has 0 aromatic carbocycles. The molecule has 0 bridgehead atoms. The highest BCUT2D eigenvalue weighted by molar-refractivity contribution is 7.93. The second-order valence-electron chi connectivity index (χ2n) is 8.55. The lowest BCUT2D eigenvalue weighted by Gasteiger charge is -2.24. The molecule has 3 aromatic rings. The number of pyridine rings is 1. The van der Waals surface area contributed by atoms with Crippen molar-refractivity contribution in [2.75, 3.05) is 25.0 Å². The van der Waals surface area contributed by atoms with Gasteiger partial charge in [0.15, 0.2) is 11.6 Å². The molecule has 4 heterocycles. The van der Waals surface area contributed by atoms with Crippen LogP contribution in [0.1, 0.15) is 44.3 Å². The Labute approximate surface area is 204 Å². The Kier molecular flexibility index (Phi) is 7.28. The molecule has 1 aliphatic rings. The third-order valence-electron chi connectivity index (χ3n) is 5.57. The zero-order valence-electron chi connectivity index (χ0n) is 20.2. The Hall–Kier alpha value is -3.16. The van der Waals surface area contributed by atoms with Gasteiger partial charge in [-0.2, -0.15) is 0 Å². The van der Waals surface area contributed by atoms with Crippen LogP contribution in [0.4, 0.5) is 5.95 Å². The largest absolute Gasteiger partial charge is 0.475 e. The van der Waals surface area contributed by atoms with Crippen molar-refractivity contribution in [1.29, 1.82) is 0 Å². The molecule has 3 aromatic heterocycles. The van der Waals surface area contributed by atoms with Gasteiger partial charge in [-0.25, -0.2) is 23.4 Å². The van der Waals surface area contributed by atoms with Crippen molar-refractivity contribution in [3.05, 3.63) is 42.1 Å². The van der Waals surface area contributed by atoms with E-state index in [0.29, 0.717) is 17.3 Å². The number of methoxy groups -OCH3 is 1. The van der Waals surface area contributed by atoms with Crippen LogP contribution in [0.2, 0.25) is 0 Å². The molecule has 1 aliphatic heterocycles. The fraction of sp³-hybridized carbons (Fsp3) is 0.500. The number of sulfonamides is 1. The van der Waals surface area contributed by atoms with E-state index in [9.17, 15) is 8.42 Å². The summed E-state index contributed by atoms with van der Waals surface area (Å²) in [6.07, 6.45) is 3.92. The van der Waals surface area contributed by atoms with E-state index in [1.165, 1.54) is 14.0 Å². The summed E-state index contributed by atoms with van der Waals surface area (Å²) < 4.78 is 48.3. The van der Waals surface area contributed by atoms with Gasteiger partial charge in [-0.05, 0) is 45.4 Å². The molecule has 13 heteroatoms. The van der Waals surface area contributed by atoms with Gasteiger partial charge in [-0.3, -0.25) is 9.29 Å². The summed E-state index contributed by atoms with van der Waals surface area (Å²) in [7, 11) is -2.59. The van der Waals surface area contributed by atoms with Crippen LogP contribution in [-0.2, 0) is 19.5 Å². The second-order valence-corrected chi connectivity index (χ2v) is 10.6.